The Kier molecular flexibility index (Phi) is 4.22. The van der Waals surface area contributed by atoms with Gasteiger partial charge in [0.05, 0.1) is 13.2 Å². The van der Waals surface area contributed by atoms with Crippen molar-refractivity contribution in [3.8, 4) is 0 Å². The maximum absolute atomic E-state index is 11.4. The van der Waals surface area contributed by atoms with Crippen molar-refractivity contribution >= 4 is 5.91 Å². The van der Waals surface area contributed by atoms with Gasteiger partial charge in [0.1, 0.15) is 0 Å². The van der Waals surface area contributed by atoms with Crippen LogP contribution in [-0.4, -0.2) is 24.1 Å². The normalized spacial score (nSPS) is 18.6. The molecule has 1 fully saturated rings. The average Bonchev–Trinajstić information content (AvgIpc) is 2.20. The van der Waals surface area contributed by atoms with Gasteiger partial charge in [-0.2, -0.15) is 0 Å². The summed E-state index contributed by atoms with van der Waals surface area (Å²) in [6.07, 6.45) is 6.47. The molecular weight excluding hydrogens is 166 g/mol. The van der Waals surface area contributed by atoms with E-state index in [0.717, 1.165) is 12.8 Å². The van der Waals surface area contributed by atoms with Crippen LogP contribution in [0.15, 0.2) is 0 Å². The number of carbonyl (C=O) groups is 1. The molecule has 0 unspecified atom stereocenters. The van der Waals surface area contributed by atoms with Gasteiger partial charge in [-0.05, 0) is 12.8 Å². The molecule has 0 radical (unpaired) electrons. The fraction of sp³-hybridized carbons (Fsp3) is 0.900. The Hall–Kier alpha value is -0.570. The zero-order valence-corrected chi connectivity index (χ0v) is 8.58. The van der Waals surface area contributed by atoms with E-state index in [2.05, 4.69) is 0 Å². The Labute approximate surface area is 80.0 Å². The number of hydrogen-bond donors (Lipinski definition) is 0. The number of amides is 1. The Morgan fingerprint density at radius 2 is 2.00 bits per heavy atom. The van der Waals surface area contributed by atoms with Gasteiger partial charge in [0.15, 0.2) is 0 Å². The minimum Gasteiger partial charge on any atom is -0.274 e. The number of rotatable bonds is 3. The average molecular weight is 185 g/mol. The molecule has 0 bridgehead atoms. The van der Waals surface area contributed by atoms with E-state index in [1.165, 1.54) is 19.3 Å². The fourth-order valence-electron chi connectivity index (χ4n) is 1.93. The third-order valence-corrected chi connectivity index (χ3v) is 2.65. The standard InChI is InChI=1S/C10H19NO2/c1-3-10(12)11(13-2)9-7-5-4-6-8-9/h9H,3-8H2,1-2H3. The molecule has 0 heterocycles. The van der Waals surface area contributed by atoms with Crippen molar-refractivity contribution < 1.29 is 9.63 Å². The summed E-state index contributed by atoms with van der Waals surface area (Å²) in [7, 11) is 1.59. The van der Waals surface area contributed by atoms with Gasteiger partial charge in [0.25, 0.3) is 0 Å². The van der Waals surface area contributed by atoms with Crippen LogP contribution in [0.5, 0.6) is 0 Å². The van der Waals surface area contributed by atoms with E-state index in [-0.39, 0.29) is 5.91 Å². The highest BCUT2D eigenvalue weighted by atomic mass is 16.7. The van der Waals surface area contributed by atoms with Gasteiger partial charge in [-0.15, -0.1) is 0 Å². The molecule has 1 rings (SSSR count). The van der Waals surface area contributed by atoms with Gasteiger partial charge in [0, 0.05) is 6.42 Å². The van der Waals surface area contributed by atoms with Gasteiger partial charge in [0.2, 0.25) is 5.91 Å². The maximum Gasteiger partial charge on any atom is 0.246 e. The van der Waals surface area contributed by atoms with Crippen LogP contribution in [0.3, 0.4) is 0 Å². The molecule has 1 aliphatic carbocycles. The number of carbonyl (C=O) groups excluding carboxylic acids is 1. The summed E-state index contributed by atoms with van der Waals surface area (Å²) < 4.78 is 0. The Morgan fingerprint density at radius 3 is 2.46 bits per heavy atom. The van der Waals surface area contributed by atoms with Gasteiger partial charge in [-0.1, -0.05) is 26.2 Å². The summed E-state index contributed by atoms with van der Waals surface area (Å²) in [5.41, 5.74) is 0. The van der Waals surface area contributed by atoms with E-state index >= 15 is 0 Å². The molecule has 0 aromatic heterocycles. The lowest BCUT2D eigenvalue weighted by Crippen LogP contribution is -2.40. The first-order chi connectivity index (χ1) is 6.29. The van der Waals surface area contributed by atoms with Crippen LogP contribution >= 0.6 is 0 Å². The lowest BCUT2D eigenvalue weighted by Gasteiger charge is -2.31. The highest BCUT2D eigenvalue weighted by Crippen LogP contribution is 2.22. The first-order valence-corrected chi connectivity index (χ1v) is 5.15. The van der Waals surface area contributed by atoms with Crippen molar-refractivity contribution in [3.05, 3.63) is 0 Å². The molecule has 0 saturated heterocycles. The molecule has 1 aliphatic rings. The van der Waals surface area contributed by atoms with E-state index < -0.39 is 0 Å². The van der Waals surface area contributed by atoms with Crippen LogP contribution in [0.1, 0.15) is 45.4 Å². The second kappa shape index (κ2) is 5.22. The second-order valence-corrected chi connectivity index (χ2v) is 3.55. The molecule has 0 atom stereocenters. The summed E-state index contributed by atoms with van der Waals surface area (Å²) in [5.74, 6) is 0.106. The molecular formula is C10H19NO2. The van der Waals surface area contributed by atoms with Crippen LogP contribution in [0.4, 0.5) is 0 Å². The Morgan fingerprint density at radius 1 is 1.38 bits per heavy atom. The molecule has 76 valence electrons. The van der Waals surface area contributed by atoms with Gasteiger partial charge in [-0.25, -0.2) is 5.06 Å². The van der Waals surface area contributed by atoms with Crippen molar-refractivity contribution in [1.29, 1.82) is 0 Å². The smallest absolute Gasteiger partial charge is 0.246 e. The SMILES string of the molecule is CCC(=O)N(OC)C1CCCCC1. The minimum absolute atomic E-state index is 0.106. The number of nitrogens with zero attached hydrogens (tertiary/aromatic N) is 1. The van der Waals surface area contributed by atoms with Gasteiger partial charge >= 0.3 is 0 Å². The van der Waals surface area contributed by atoms with Crippen molar-refractivity contribution in [1.82, 2.24) is 5.06 Å². The largest absolute Gasteiger partial charge is 0.274 e. The molecule has 3 nitrogen and oxygen atoms in total. The van der Waals surface area contributed by atoms with Crippen molar-refractivity contribution in [2.75, 3.05) is 7.11 Å². The highest BCUT2D eigenvalue weighted by molar-refractivity contribution is 5.75. The fourth-order valence-corrected chi connectivity index (χ4v) is 1.93. The molecule has 0 aromatic rings. The molecule has 0 spiro atoms. The quantitative estimate of drug-likeness (QED) is 0.630. The predicted molar refractivity (Wildman–Crippen MR) is 51.0 cm³/mol. The topological polar surface area (TPSA) is 29.5 Å². The van der Waals surface area contributed by atoms with Gasteiger partial charge < -0.3 is 0 Å². The summed E-state index contributed by atoms with van der Waals surface area (Å²) in [6, 6.07) is 0.325. The van der Waals surface area contributed by atoms with E-state index in [0.29, 0.717) is 12.5 Å². The molecule has 0 aromatic carbocycles. The highest BCUT2D eigenvalue weighted by Gasteiger charge is 2.24. The summed E-state index contributed by atoms with van der Waals surface area (Å²) in [6.45, 7) is 1.87. The third kappa shape index (κ3) is 2.69. The Balaban J connectivity index is 2.48. The predicted octanol–water partition coefficient (Wildman–Crippen LogP) is 2.12. The molecule has 1 saturated carbocycles. The number of hydrogen-bond acceptors (Lipinski definition) is 2. The number of hydroxylamine groups is 2. The summed E-state index contributed by atoms with van der Waals surface area (Å²) >= 11 is 0. The first-order valence-electron chi connectivity index (χ1n) is 5.15. The lowest BCUT2D eigenvalue weighted by molar-refractivity contribution is -0.191. The van der Waals surface area contributed by atoms with Crippen LogP contribution < -0.4 is 0 Å². The van der Waals surface area contributed by atoms with Crippen molar-refractivity contribution in [3.63, 3.8) is 0 Å². The molecule has 0 N–H and O–H groups in total. The maximum atomic E-state index is 11.4. The van der Waals surface area contributed by atoms with Crippen molar-refractivity contribution in [2.24, 2.45) is 0 Å². The van der Waals surface area contributed by atoms with Crippen LogP contribution in [0, 0.1) is 0 Å². The first kappa shape index (κ1) is 10.5. The van der Waals surface area contributed by atoms with Crippen LogP contribution in [0.2, 0.25) is 0 Å². The van der Waals surface area contributed by atoms with Gasteiger partial charge in [-0.3, -0.25) is 9.63 Å². The van der Waals surface area contributed by atoms with E-state index in [1.54, 1.807) is 12.2 Å². The van der Waals surface area contributed by atoms with E-state index in [4.69, 9.17) is 4.84 Å². The minimum atomic E-state index is 0.106. The summed E-state index contributed by atoms with van der Waals surface area (Å²) in [4.78, 5) is 16.6. The molecule has 13 heavy (non-hydrogen) atoms. The lowest BCUT2D eigenvalue weighted by atomic mass is 9.95. The van der Waals surface area contributed by atoms with E-state index in [9.17, 15) is 4.79 Å². The molecule has 0 aliphatic heterocycles. The zero-order valence-electron chi connectivity index (χ0n) is 8.58. The second-order valence-electron chi connectivity index (χ2n) is 3.55. The Bertz CT molecular complexity index is 164. The summed E-state index contributed by atoms with van der Waals surface area (Å²) in [5, 5.41) is 1.57. The van der Waals surface area contributed by atoms with Crippen molar-refractivity contribution in [2.45, 2.75) is 51.5 Å². The van der Waals surface area contributed by atoms with Crippen LogP contribution in [0.25, 0.3) is 0 Å². The zero-order chi connectivity index (χ0) is 9.68. The van der Waals surface area contributed by atoms with Crippen LogP contribution in [-0.2, 0) is 9.63 Å². The molecule has 3 heteroatoms. The third-order valence-electron chi connectivity index (χ3n) is 2.65. The monoisotopic (exact) mass is 185 g/mol. The molecule has 1 amide bonds. The van der Waals surface area contributed by atoms with E-state index in [1.807, 2.05) is 6.92 Å².